The van der Waals surface area contributed by atoms with E-state index in [4.69, 9.17) is 0 Å². The van der Waals surface area contributed by atoms with Crippen LogP contribution in [0.2, 0.25) is 0 Å². The van der Waals surface area contributed by atoms with Gasteiger partial charge in [0.1, 0.15) is 5.75 Å². The minimum absolute atomic E-state index is 0.319. The van der Waals surface area contributed by atoms with E-state index in [9.17, 15) is 5.11 Å². The summed E-state index contributed by atoms with van der Waals surface area (Å²) in [6.45, 7) is 2.18. The van der Waals surface area contributed by atoms with Crippen molar-refractivity contribution in [2.45, 2.75) is 25.7 Å². The molecule has 2 heteroatoms. The molecule has 0 saturated heterocycles. The summed E-state index contributed by atoms with van der Waals surface area (Å²) >= 11 is 0. The molecule has 0 bridgehead atoms. The highest BCUT2D eigenvalue weighted by Gasteiger charge is 2.11. The largest absolute Gasteiger partial charge is 0.508 e. The lowest BCUT2D eigenvalue weighted by Gasteiger charge is -2.14. The fourth-order valence-electron chi connectivity index (χ4n) is 1.99. The van der Waals surface area contributed by atoms with Crippen LogP contribution in [-0.2, 0) is 6.42 Å². The maximum Gasteiger partial charge on any atom is 0.115 e. The highest BCUT2D eigenvalue weighted by Crippen LogP contribution is 2.23. The lowest BCUT2D eigenvalue weighted by atomic mass is 9.93. The molecule has 1 atom stereocenters. The monoisotopic (exact) mass is 227 g/mol. The average molecular weight is 227 g/mol. The van der Waals surface area contributed by atoms with Gasteiger partial charge in [0.2, 0.25) is 0 Å². The Balaban J connectivity index is 2.13. The number of benzene rings is 1. The molecule has 1 aromatic heterocycles. The Morgan fingerprint density at radius 2 is 1.88 bits per heavy atom. The van der Waals surface area contributed by atoms with Gasteiger partial charge in [-0.05, 0) is 42.7 Å². The number of aromatic hydroxyl groups is 1. The molecule has 0 spiro atoms. The second-order valence-electron chi connectivity index (χ2n) is 4.23. The summed E-state index contributed by atoms with van der Waals surface area (Å²) in [5.74, 6) is 0.764. The van der Waals surface area contributed by atoms with Crippen molar-refractivity contribution in [1.82, 2.24) is 4.98 Å². The smallest absolute Gasteiger partial charge is 0.115 e. The third-order valence-electron chi connectivity index (χ3n) is 3.02. The summed E-state index contributed by atoms with van der Waals surface area (Å²) in [5, 5.41) is 9.25. The van der Waals surface area contributed by atoms with Crippen molar-refractivity contribution in [3.05, 3.63) is 59.9 Å². The van der Waals surface area contributed by atoms with Crippen LogP contribution in [0.1, 0.15) is 30.5 Å². The Bertz CT molecular complexity index is 450. The van der Waals surface area contributed by atoms with Gasteiger partial charge >= 0.3 is 0 Å². The van der Waals surface area contributed by atoms with Gasteiger partial charge in [0, 0.05) is 17.8 Å². The molecular formula is C15H17NO. The van der Waals surface area contributed by atoms with E-state index >= 15 is 0 Å². The van der Waals surface area contributed by atoms with Crippen LogP contribution in [-0.4, -0.2) is 10.1 Å². The van der Waals surface area contributed by atoms with Gasteiger partial charge in [0.15, 0.2) is 0 Å². The zero-order valence-corrected chi connectivity index (χ0v) is 10.0. The van der Waals surface area contributed by atoms with E-state index in [2.05, 4.69) is 18.0 Å². The molecule has 0 aliphatic rings. The number of nitrogens with zero attached hydrogens (tertiary/aromatic N) is 1. The third kappa shape index (κ3) is 3.06. The van der Waals surface area contributed by atoms with Crippen LogP contribution in [0.3, 0.4) is 0 Å². The molecule has 2 nitrogen and oxygen atoms in total. The minimum atomic E-state index is 0.319. The first-order valence-electron chi connectivity index (χ1n) is 5.98. The number of phenols is 1. The van der Waals surface area contributed by atoms with E-state index in [-0.39, 0.29) is 0 Å². The lowest BCUT2D eigenvalue weighted by Crippen LogP contribution is -2.03. The van der Waals surface area contributed by atoms with Gasteiger partial charge < -0.3 is 5.11 Å². The molecule has 0 saturated carbocycles. The van der Waals surface area contributed by atoms with Crippen LogP contribution in [0.5, 0.6) is 5.75 Å². The van der Waals surface area contributed by atoms with Gasteiger partial charge in [-0.15, -0.1) is 0 Å². The highest BCUT2D eigenvalue weighted by atomic mass is 16.3. The zero-order valence-electron chi connectivity index (χ0n) is 10.0. The predicted molar refractivity (Wildman–Crippen MR) is 69.1 cm³/mol. The molecule has 88 valence electrons. The van der Waals surface area contributed by atoms with Gasteiger partial charge in [-0.25, -0.2) is 0 Å². The number of pyridine rings is 1. The summed E-state index contributed by atoms with van der Waals surface area (Å²) < 4.78 is 0. The highest BCUT2D eigenvalue weighted by molar-refractivity contribution is 5.27. The van der Waals surface area contributed by atoms with E-state index in [1.54, 1.807) is 12.1 Å². The topological polar surface area (TPSA) is 33.1 Å². The first-order chi connectivity index (χ1) is 8.29. The molecule has 1 unspecified atom stereocenters. The summed E-state index contributed by atoms with van der Waals surface area (Å²) in [7, 11) is 0. The van der Waals surface area contributed by atoms with Crippen LogP contribution < -0.4 is 0 Å². The quantitative estimate of drug-likeness (QED) is 0.866. The van der Waals surface area contributed by atoms with Gasteiger partial charge in [-0.2, -0.15) is 0 Å². The van der Waals surface area contributed by atoms with Gasteiger partial charge in [-0.1, -0.05) is 25.1 Å². The Kier molecular flexibility index (Phi) is 3.76. The lowest BCUT2D eigenvalue weighted by molar-refractivity contribution is 0.475. The van der Waals surface area contributed by atoms with Crippen molar-refractivity contribution in [3.8, 4) is 5.75 Å². The average Bonchev–Trinajstić information content (AvgIpc) is 2.39. The molecule has 17 heavy (non-hydrogen) atoms. The van der Waals surface area contributed by atoms with Crippen molar-refractivity contribution in [1.29, 1.82) is 0 Å². The molecule has 2 aromatic rings. The van der Waals surface area contributed by atoms with Crippen LogP contribution in [0.25, 0.3) is 0 Å². The molecule has 1 aromatic carbocycles. The number of aromatic nitrogens is 1. The van der Waals surface area contributed by atoms with E-state index in [1.807, 2.05) is 30.5 Å². The Morgan fingerprint density at radius 1 is 1.12 bits per heavy atom. The molecule has 0 aliphatic carbocycles. The molecule has 0 aliphatic heterocycles. The van der Waals surface area contributed by atoms with E-state index in [0.717, 1.165) is 18.5 Å². The SMILES string of the molecule is CCC(Cc1ccc(O)cc1)c1ccccn1. The Hall–Kier alpha value is -1.83. The first kappa shape index (κ1) is 11.6. The standard InChI is InChI=1S/C15H17NO/c1-2-13(15-5-3-4-10-16-15)11-12-6-8-14(17)9-7-12/h3-10,13,17H,2,11H2,1H3. The number of phenolic OH excluding ortho intramolecular Hbond substituents is 1. The Morgan fingerprint density at radius 3 is 2.47 bits per heavy atom. The van der Waals surface area contributed by atoms with E-state index < -0.39 is 0 Å². The fourth-order valence-corrected chi connectivity index (χ4v) is 1.99. The molecule has 0 fully saturated rings. The Labute approximate surface area is 102 Å². The summed E-state index contributed by atoms with van der Waals surface area (Å²) in [6.07, 6.45) is 3.88. The van der Waals surface area contributed by atoms with E-state index in [1.165, 1.54) is 5.56 Å². The zero-order chi connectivity index (χ0) is 12.1. The number of hydrogen-bond donors (Lipinski definition) is 1. The normalized spacial score (nSPS) is 12.3. The molecule has 0 radical (unpaired) electrons. The van der Waals surface area contributed by atoms with Crippen molar-refractivity contribution >= 4 is 0 Å². The summed E-state index contributed by atoms with van der Waals surface area (Å²) in [5.41, 5.74) is 2.38. The molecule has 0 amide bonds. The van der Waals surface area contributed by atoms with Crippen LogP contribution in [0.4, 0.5) is 0 Å². The van der Waals surface area contributed by atoms with Gasteiger partial charge in [0.05, 0.1) is 0 Å². The number of rotatable bonds is 4. The predicted octanol–water partition coefficient (Wildman–Crippen LogP) is 3.52. The van der Waals surface area contributed by atoms with Crippen LogP contribution in [0, 0.1) is 0 Å². The van der Waals surface area contributed by atoms with Crippen molar-refractivity contribution in [2.75, 3.05) is 0 Å². The van der Waals surface area contributed by atoms with Gasteiger partial charge in [0.25, 0.3) is 0 Å². The summed E-state index contributed by atoms with van der Waals surface area (Å²) in [6, 6.07) is 13.5. The fraction of sp³-hybridized carbons (Fsp3) is 0.267. The van der Waals surface area contributed by atoms with Crippen molar-refractivity contribution < 1.29 is 5.11 Å². The van der Waals surface area contributed by atoms with Crippen LogP contribution >= 0.6 is 0 Å². The van der Waals surface area contributed by atoms with Gasteiger partial charge in [-0.3, -0.25) is 4.98 Å². The second-order valence-corrected chi connectivity index (χ2v) is 4.23. The first-order valence-corrected chi connectivity index (χ1v) is 5.98. The maximum atomic E-state index is 9.25. The third-order valence-corrected chi connectivity index (χ3v) is 3.02. The van der Waals surface area contributed by atoms with Crippen LogP contribution in [0.15, 0.2) is 48.7 Å². The molecule has 1 heterocycles. The van der Waals surface area contributed by atoms with Crippen molar-refractivity contribution in [3.63, 3.8) is 0 Å². The molecule has 1 N–H and O–H groups in total. The minimum Gasteiger partial charge on any atom is -0.508 e. The maximum absolute atomic E-state index is 9.25. The summed E-state index contributed by atoms with van der Waals surface area (Å²) in [4.78, 5) is 4.41. The molecule has 2 rings (SSSR count). The molecular weight excluding hydrogens is 210 g/mol. The van der Waals surface area contributed by atoms with Crippen molar-refractivity contribution in [2.24, 2.45) is 0 Å². The second kappa shape index (κ2) is 5.48. The van der Waals surface area contributed by atoms with E-state index in [0.29, 0.717) is 11.7 Å². The number of hydrogen-bond acceptors (Lipinski definition) is 2.